The van der Waals surface area contributed by atoms with Gasteiger partial charge in [-0.1, -0.05) is 31.5 Å². The van der Waals surface area contributed by atoms with Crippen molar-refractivity contribution in [3.8, 4) is 0 Å². The van der Waals surface area contributed by atoms with Crippen molar-refractivity contribution in [2.45, 2.75) is 45.7 Å². The maximum atomic E-state index is 12.0. The van der Waals surface area contributed by atoms with Crippen LogP contribution in [0.1, 0.15) is 38.0 Å². The Morgan fingerprint density at radius 1 is 1.36 bits per heavy atom. The van der Waals surface area contributed by atoms with Crippen LogP contribution in [0.5, 0.6) is 0 Å². The fourth-order valence-corrected chi connectivity index (χ4v) is 2.52. The zero-order valence-electron chi connectivity index (χ0n) is 13.5. The predicted molar refractivity (Wildman–Crippen MR) is 92.2 cm³/mol. The molecule has 1 heterocycles. The Morgan fingerprint density at radius 3 is 2.68 bits per heavy atom. The van der Waals surface area contributed by atoms with Crippen molar-refractivity contribution in [2.24, 2.45) is 5.73 Å². The van der Waals surface area contributed by atoms with Gasteiger partial charge >= 0.3 is 0 Å². The normalized spacial score (nSPS) is 12.0. The number of hydrogen-bond acceptors (Lipinski definition) is 3. The van der Waals surface area contributed by atoms with Gasteiger partial charge in [0, 0.05) is 31.0 Å². The minimum absolute atomic E-state index is 0. The first-order valence-corrected chi connectivity index (χ1v) is 7.54. The molecule has 22 heavy (non-hydrogen) atoms. The van der Waals surface area contributed by atoms with E-state index in [1.54, 1.807) is 18.9 Å². The van der Waals surface area contributed by atoms with Crippen molar-refractivity contribution in [2.75, 3.05) is 7.05 Å². The number of unbranched alkanes of at least 4 members (excludes halogenated alkanes) is 1. The third kappa shape index (κ3) is 4.02. The number of carbonyl (C=O) groups is 1. The molecule has 1 amide bonds. The monoisotopic (exact) mass is 324 g/mol. The van der Waals surface area contributed by atoms with Crippen molar-refractivity contribution in [1.29, 1.82) is 0 Å². The van der Waals surface area contributed by atoms with E-state index < -0.39 is 6.04 Å². The van der Waals surface area contributed by atoms with Gasteiger partial charge in [0.05, 0.1) is 6.04 Å². The topological polar surface area (TPSA) is 59.5 Å². The lowest BCUT2D eigenvalue weighted by atomic mass is 10.1. The molecular formula is C17H25ClN2O2. The van der Waals surface area contributed by atoms with Crippen LogP contribution in [0.25, 0.3) is 11.0 Å². The maximum absolute atomic E-state index is 12.0. The van der Waals surface area contributed by atoms with Crippen LogP contribution in [0, 0.1) is 0 Å². The van der Waals surface area contributed by atoms with Crippen LogP contribution in [0.4, 0.5) is 0 Å². The number of carbonyl (C=O) groups excluding carboxylic acids is 1. The Labute approximate surface area is 138 Å². The lowest BCUT2D eigenvalue weighted by molar-refractivity contribution is -0.131. The Morgan fingerprint density at radius 2 is 2.05 bits per heavy atom. The number of nitrogens with two attached hydrogens (primary N) is 1. The summed E-state index contributed by atoms with van der Waals surface area (Å²) in [7, 11) is 1.79. The zero-order valence-corrected chi connectivity index (χ0v) is 14.3. The van der Waals surface area contributed by atoms with Gasteiger partial charge in [-0.15, -0.1) is 12.4 Å². The maximum Gasteiger partial charge on any atom is 0.239 e. The van der Waals surface area contributed by atoms with Crippen LogP contribution in [0.2, 0.25) is 0 Å². The first-order valence-electron chi connectivity index (χ1n) is 7.54. The molecule has 1 aromatic carbocycles. The van der Waals surface area contributed by atoms with Crippen LogP contribution in [0.3, 0.4) is 0 Å². The summed E-state index contributed by atoms with van der Waals surface area (Å²) in [6, 6.07) is 7.51. The molecule has 2 N–H and O–H groups in total. The predicted octanol–water partition coefficient (Wildman–Crippen LogP) is 3.50. The van der Waals surface area contributed by atoms with Crippen molar-refractivity contribution >= 4 is 29.3 Å². The van der Waals surface area contributed by atoms with Gasteiger partial charge < -0.3 is 15.1 Å². The molecule has 0 bridgehead atoms. The van der Waals surface area contributed by atoms with Gasteiger partial charge in [-0.25, -0.2) is 0 Å². The Kier molecular flexibility index (Phi) is 6.91. The van der Waals surface area contributed by atoms with Crippen LogP contribution >= 0.6 is 12.4 Å². The number of aryl methyl sites for hydroxylation is 1. The van der Waals surface area contributed by atoms with Gasteiger partial charge in [0.1, 0.15) is 11.3 Å². The molecular weight excluding hydrogens is 300 g/mol. The molecule has 0 fully saturated rings. The third-order valence-corrected chi connectivity index (χ3v) is 3.70. The van der Waals surface area contributed by atoms with Crippen LogP contribution in [-0.4, -0.2) is 23.9 Å². The van der Waals surface area contributed by atoms with Gasteiger partial charge in [0.15, 0.2) is 0 Å². The molecule has 0 radical (unpaired) electrons. The summed E-state index contributed by atoms with van der Waals surface area (Å²) in [5, 5.41) is 1.09. The van der Waals surface area contributed by atoms with E-state index in [0.29, 0.717) is 6.54 Å². The highest BCUT2D eigenvalue weighted by Crippen LogP contribution is 2.28. The highest BCUT2D eigenvalue weighted by molar-refractivity contribution is 5.85. The SMILES string of the molecule is CCCCc1oc2ccccc2c1CN(C)C(=O)[C@H](C)N.Cl. The van der Waals surface area contributed by atoms with E-state index in [-0.39, 0.29) is 18.3 Å². The van der Waals surface area contributed by atoms with Crippen LogP contribution in [0.15, 0.2) is 28.7 Å². The van der Waals surface area contributed by atoms with Crippen LogP contribution < -0.4 is 5.73 Å². The highest BCUT2D eigenvalue weighted by Gasteiger charge is 2.19. The highest BCUT2D eigenvalue weighted by atomic mass is 35.5. The first kappa shape index (κ1) is 18.5. The van der Waals surface area contributed by atoms with Crippen molar-refractivity contribution in [3.05, 3.63) is 35.6 Å². The fourth-order valence-electron chi connectivity index (χ4n) is 2.52. The number of hydrogen-bond donors (Lipinski definition) is 1. The zero-order chi connectivity index (χ0) is 15.4. The van der Waals surface area contributed by atoms with E-state index in [1.807, 2.05) is 24.3 Å². The molecule has 0 unspecified atom stereocenters. The van der Waals surface area contributed by atoms with Gasteiger partial charge in [-0.3, -0.25) is 4.79 Å². The average molecular weight is 325 g/mol. The summed E-state index contributed by atoms with van der Waals surface area (Å²) < 4.78 is 5.97. The number of nitrogens with zero attached hydrogens (tertiary/aromatic N) is 1. The number of furan rings is 1. The largest absolute Gasteiger partial charge is 0.461 e. The first-order chi connectivity index (χ1) is 10.0. The molecule has 4 nitrogen and oxygen atoms in total. The average Bonchev–Trinajstić information content (AvgIpc) is 2.82. The number of para-hydroxylation sites is 1. The molecule has 0 saturated heterocycles. The van der Waals surface area contributed by atoms with E-state index in [2.05, 4.69) is 6.92 Å². The summed E-state index contributed by atoms with van der Waals surface area (Å²) in [5.74, 6) is 0.934. The second-order valence-electron chi connectivity index (χ2n) is 5.59. The summed E-state index contributed by atoms with van der Waals surface area (Å²) in [6.07, 6.45) is 3.10. The Hall–Kier alpha value is -1.52. The van der Waals surface area contributed by atoms with Gasteiger partial charge in [0.2, 0.25) is 5.91 Å². The molecule has 1 atom stereocenters. The molecule has 122 valence electrons. The van der Waals surface area contributed by atoms with E-state index >= 15 is 0 Å². The van der Waals surface area contributed by atoms with E-state index in [1.165, 1.54) is 0 Å². The molecule has 0 aliphatic carbocycles. The smallest absolute Gasteiger partial charge is 0.239 e. The van der Waals surface area contributed by atoms with Crippen molar-refractivity contribution < 1.29 is 9.21 Å². The van der Waals surface area contributed by atoms with Crippen LogP contribution in [-0.2, 0) is 17.8 Å². The van der Waals surface area contributed by atoms with Gasteiger partial charge in [0.25, 0.3) is 0 Å². The third-order valence-electron chi connectivity index (χ3n) is 3.70. The molecule has 0 spiro atoms. The molecule has 1 aromatic heterocycles. The lowest BCUT2D eigenvalue weighted by Gasteiger charge is -2.19. The molecule has 0 aliphatic heterocycles. The molecule has 5 heteroatoms. The second-order valence-corrected chi connectivity index (χ2v) is 5.59. The summed E-state index contributed by atoms with van der Waals surface area (Å²) >= 11 is 0. The molecule has 0 saturated carbocycles. The summed E-state index contributed by atoms with van der Waals surface area (Å²) in [6.45, 7) is 4.41. The minimum atomic E-state index is -0.479. The van der Waals surface area contributed by atoms with Crippen molar-refractivity contribution in [1.82, 2.24) is 4.90 Å². The second kappa shape index (κ2) is 8.20. The van der Waals surface area contributed by atoms with Gasteiger partial charge in [-0.05, 0) is 19.4 Å². The number of likely N-dealkylation sites (N-methyl/N-ethyl adjacent to an activating group) is 1. The summed E-state index contributed by atoms with van der Waals surface area (Å²) in [4.78, 5) is 13.7. The standard InChI is InChI=1S/C17H24N2O2.ClH/c1-4-5-9-16-14(11-19(3)17(20)12(2)18)13-8-6-7-10-15(13)21-16;/h6-8,10,12H,4-5,9,11,18H2,1-3H3;1H/t12-;/m0./s1. The minimum Gasteiger partial charge on any atom is -0.461 e. The Balaban J connectivity index is 0.00000242. The molecule has 0 aliphatic rings. The number of fused-ring (bicyclic) bond motifs is 1. The number of halogens is 1. The van der Waals surface area contributed by atoms with E-state index in [0.717, 1.165) is 41.6 Å². The molecule has 2 aromatic rings. The van der Waals surface area contributed by atoms with Gasteiger partial charge in [-0.2, -0.15) is 0 Å². The number of rotatable bonds is 6. The quantitative estimate of drug-likeness (QED) is 0.884. The summed E-state index contributed by atoms with van der Waals surface area (Å²) in [5.41, 5.74) is 7.68. The number of benzene rings is 1. The molecule has 2 rings (SSSR count). The fraction of sp³-hybridized carbons (Fsp3) is 0.471. The van der Waals surface area contributed by atoms with E-state index in [9.17, 15) is 4.79 Å². The van der Waals surface area contributed by atoms with Crippen molar-refractivity contribution in [3.63, 3.8) is 0 Å². The van der Waals surface area contributed by atoms with E-state index in [4.69, 9.17) is 10.2 Å². The Bertz CT molecular complexity index is 622. The lowest BCUT2D eigenvalue weighted by Crippen LogP contribution is -2.39. The number of amides is 1.